The minimum absolute atomic E-state index is 0.305. The Labute approximate surface area is 138 Å². The number of nitrogens with zero attached hydrogens (tertiary/aromatic N) is 1. The quantitative estimate of drug-likeness (QED) is 0.805. The Morgan fingerprint density at radius 1 is 1.24 bits per heavy atom. The number of hydrogen-bond donors (Lipinski definition) is 1. The van der Waals surface area contributed by atoms with E-state index in [2.05, 4.69) is 71.2 Å². The van der Waals surface area contributed by atoms with Gasteiger partial charge in [0, 0.05) is 35.7 Å². The lowest BCUT2D eigenvalue weighted by Gasteiger charge is -2.50. The maximum Gasteiger partial charge on any atom is 0.0333 e. The monoisotopic (exact) mass is 352 g/mol. The van der Waals surface area contributed by atoms with Gasteiger partial charge in [-0.05, 0) is 30.9 Å². The average Bonchev–Trinajstić information content (AvgIpc) is 2.51. The highest BCUT2D eigenvalue weighted by Crippen LogP contribution is 2.31. The van der Waals surface area contributed by atoms with Gasteiger partial charge in [-0.1, -0.05) is 61.3 Å². The molecule has 1 saturated heterocycles. The van der Waals surface area contributed by atoms with Crippen molar-refractivity contribution in [1.82, 2.24) is 10.2 Å². The molecule has 0 aliphatic carbocycles. The summed E-state index contributed by atoms with van der Waals surface area (Å²) in [6.45, 7) is 10.3. The smallest absolute Gasteiger partial charge is 0.0333 e. The molecule has 0 saturated carbocycles. The lowest BCUT2D eigenvalue weighted by molar-refractivity contribution is 0.0226. The first-order valence-corrected chi connectivity index (χ1v) is 9.16. The first-order valence-electron chi connectivity index (χ1n) is 8.37. The van der Waals surface area contributed by atoms with Crippen molar-refractivity contribution in [2.75, 3.05) is 13.1 Å². The predicted molar refractivity (Wildman–Crippen MR) is 94.6 cm³/mol. The van der Waals surface area contributed by atoms with Gasteiger partial charge in [0.25, 0.3) is 0 Å². The molecule has 1 heterocycles. The Morgan fingerprint density at radius 2 is 1.95 bits per heavy atom. The van der Waals surface area contributed by atoms with E-state index in [1.165, 1.54) is 35.7 Å². The summed E-state index contributed by atoms with van der Waals surface area (Å²) in [5.74, 6) is 0. The molecule has 21 heavy (non-hydrogen) atoms. The largest absolute Gasteiger partial charge is 0.311 e. The second-order valence-corrected chi connectivity index (χ2v) is 7.12. The van der Waals surface area contributed by atoms with Crippen LogP contribution < -0.4 is 5.32 Å². The third-order valence-corrected chi connectivity index (χ3v) is 5.88. The fourth-order valence-corrected chi connectivity index (χ4v) is 3.93. The van der Waals surface area contributed by atoms with E-state index in [0.29, 0.717) is 11.6 Å². The van der Waals surface area contributed by atoms with Crippen LogP contribution in [-0.2, 0) is 6.54 Å². The molecule has 0 aromatic heterocycles. The number of nitrogens with one attached hydrogen (secondary N) is 1. The second-order valence-electron chi connectivity index (χ2n) is 6.27. The Bertz CT molecular complexity index is 443. The number of hydrogen-bond acceptors (Lipinski definition) is 2. The molecule has 1 fully saturated rings. The number of halogens is 1. The molecule has 1 unspecified atom stereocenters. The van der Waals surface area contributed by atoms with E-state index in [4.69, 9.17) is 0 Å². The zero-order valence-electron chi connectivity index (χ0n) is 13.7. The molecule has 1 aromatic rings. The van der Waals surface area contributed by atoms with Crippen LogP contribution in [-0.4, -0.2) is 29.6 Å². The SMILES string of the molecule is CCCC1CN(Cc2ccccc2Br)C(CC)(CC)CN1. The predicted octanol–water partition coefficient (Wildman–Crippen LogP) is 4.58. The summed E-state index contributed by atoms with van der Waals surface area (Å²) in [6.07, 6.45) is 4.95. The first-order chi connectivity index (χ1) is 10.1. The number of rotatable bonds is 6. The van der Waals surface area contributed by atoms with E-state index in [1.807, 2.05) is 0 Å². The molecular weight excluding hydrogens is 324 g/mol. The van der Waals surface area contributed by atoms with Gasteiger partial charge in [0.05, 0.1) is 0 Å². The van der Waals surface area contributed by atoms with Crippen molar-refractivity contribution >= 4 is 15.9 Å². The van der Waals surface area contributed by atoms with Crippen LogP contribution in [0.15, 0.2) is 28.7 Å². The van der Waals surface area contributed by atoms with Gasteiger partial charge < -0.3 is 5.32 Å². The molecule has 1 N–H and O–H groups in total. The summed E-state index contributed by atoms with van der Waals surface area (Å²) in [7, 11) is 0. The molecule has 2 nitrogen and oxygen atoms in total. The molecule has 3 heteroatoms. The number of piperazine rings is 1. The number of benzene rings is 1. The Morgan fingerprint density at radius 3 is 2.57 bits per heavy atom. The van der Waals surface area contributed by atoms with Gasteiger partial charge in [-0.2, -0.15) is 0 Å². The maximum absolute atomic E-state index is 3.79. The molecule has 0 bridgehead atoms. The summed E-state index contributed by atoms with van der Waals surface area (Å²) in [5.41, 5.74) is 1.71. The zero-order chi connectivity index (χ0) is 15.3. The van der Waals surface area contributed by atoms with Crippen molar-refractivity contribution in [3.05, 3.63) is 34.3 Å². The first kappa shape index (κ1) is 17.0. The van der Waals surface area contributed by atoms with Crippen molar-refractivity contribution < 1.29 is 0 Å². The van der Waals surface area contributed by atoms with E-state index < -0.39 is 0 Å². The van der Waals surface area contributed by atoms with Gasteiger partial charge in [-0.15, -0.1) is 0 Å². The summed E-state index contributed by atoms with van der Waals surface area (Å²) >= 11 is 3.71. The van der Waals surface area contributed by atoms with Crippen molar-refractivity contribution in [1.29, 1.82) is 0 Å². The van der Waals surface area contributed by atoms with Crippen LogP contribution in [0.1, 0.15) is 52.0 Å². The Balaban J connectivity index is 2.19. The summed E-state index contributed by atoms with van der Waals surface area (Å²) in [4.78, 5) is 2.73. The van der Waals surface area contributed by atoms with Crippen molar-refractivity contribution in [3.8, 4) is 0 Å². The van der Waals surface area contributed by atoms with E-state index in [-0.39, 0.29) is 0 Å². The van der Waals surface area contributed by atoms with E-state index in [1.54, 1.807) is 0 Å². The van der Waals surface area contributed by atoms with Crippen LogP contribution in [0.3, 0.4) is 0 Å². The molecule has 1 aliphatic heterocycles. The van der Waals surface area contributed by atoms with Gasteiger partial charge in [0.15, 0.2) is 0 Å². The molecule has 1 aliphatic rings. The van der Waals surface area contributed by atoms with E-state index >= 15 is 0 Å². The second kappa shape index (κ2) is 7.75. The standard InChI is InChI=1S/C18H29BrN2/c1-4-9-16-13-21(18(5-2,6-3)14-20-16)12-15-10-7-8-11-17(15)19/h7-8,10-11,16,20H,4-6,9,12-14H2,1-3H3. The maximum atomic E-state index is 3.79. The molecule has 2 rings (SSSR count). The lowest BCUT2D eigenvalue weighted by Crippen LogP contribution is -2.63. The van der Waals surface area contributed by atoms with Gasteiger partial charge >= 0.3 is 0 Å². The fraction of sp³-hybridized carbons (Fsp3) is 0.667. The van der Waals surface area contributed by atoms with Crippen LogP contribution in [0.25, 0.3) is 0 Å². The van der Waals surface area contributed by atoms with Crippen molar-refractivity contribution in [2.24, 2.45) is 0 Å². The molecule has 0 radical (unpaired) electrons. The highest BCUT2D eigenvalue weighted by Gasteiger charge is 2.38. The Hall–Kier alpha value is -0.380. The van der Waals surface area contributed by atoms with Gasteiger partial charge in [-0.25, -0.2) is 0 Å². The normalized spacial score (nSPS) is 22.4. The topological polar surface area (TPSA) is 15.3 Å². The van der Waals surface area contributed by atoms with Crippen LogP contribution in [0.2, 0.25) is 0 Å². The average molecular weight is 353 g/mol. The minimum Gasteiger partial charge on any atom is -0.311 e. The minimum atomic E-state index is 0.305. The molecule has 0 spiro atoms. The van der Waals surface area contributed by atoms with E-state index in [9.17, 15) is 0 Å². The van der Waals surface area contributed by atoms with E-state index in [0.717, 1.165) is 19.6 Å². The van der Waals surface area contributed by atoms with Crippen LogP contribution in [0.5, 0.6) is 0 Å². The lowest BCUT2D eigenvalue weighted by atomic mass is 9.86. The van der Waals surface area contributed by atoms with Gasteiger partial charge in [-0.3, -0.25) is 4.90 Å². The molecule has 0 amide bonds. The van der Waals surface area contributed by atoms with Crippen LogP contribution in [0.4, 0.5) is 0 Å². The zero-order valence-corrected chi connectivity index (χ0v) is 15.2. The fourth-order valence-electron chi connectivity index (χ4n) is 3.52. The third-order valence-electron chi connectivity index (χ3n) is 5.10. The molecule has 1 aromatic carbocycles. The highest BCUT2D eigenvalue weighted by atomic mass is 79.9. The van der Waals surface area contributed by atoms with Crippen LogP contribution >= 0.6 is 15.9 Å². The highest BCUT2D eigenvalue weighted by molar-refractivity contribution is 9.10. The Kier molecular flexibility index (Phi) is 6.27. The molecule has 1 atom stereocenters. The van der Waals surface area contributed by atoms with Gasteiger partial charge in [0.2, 0.25) is 0 Å². The van der Waals surface area contributed by atoms with Gasteiger partial charge in [0.1, 0.15) is 0 Å². The summed E-state index contributed by atoms with van der Waals surface area (Å²) in [5, 5.41) is 3.79. The summed E-state index contributed by atoms with van der Waals surface area (Å²) in [6, 6.07) is 9.28. The summed E-state index contributed by atoms with van der Waals surface area (Å²) < 4.78 is 1.23. The molecule has 118 valence electrons. The van der Waals surface area contributed by atoms with Crippen molar-refractivity contribution in [2.45, 2.75) is 64.6 Å². The van der Waals surface area contributed by atoms with Crippen molar-refractivity contribution in [3.63, 3.8) is 0 Å². The molecular formula is C18H29BrN2. The third kappa shape index (κ3) is 3.88. The van der Waals surface area contributed by atoms with Crippen LogP contribution in [0, 0.1) is 0 Å².